The van der Waals surface area contributed by atoms with Crippen LogP contribution in [0.3, 0.4) is 0 Å². The minimum Gasteiger partial charge on any atom is -0.467 e. The lowest BCUT2D eigenvalue weighted by Crippen LogP contribution is -2.38. The van der Waals surface area contributed by atoms with Gasteiger partial charge in [-0.15, -0.1) is 0 Å². The predicted molar refractivity (Wildman–Crippen MR) is 109 cm³/mol. The van der Waals surface area contributed by atoms with Crippen molar-refractivity contribution < 1.29 is 13.9 Å². The Labute approximate surface area is 165 Å². The van der Waals surface area contributed by atoms with E-state index >= 15 is 0 Å². The smallest absolute Gasteiger partial charge is 0.225 e. The van der Waals surface area contributed by atoms with Gasteiger partial charge in [-0.2, -0.15) is 0 Å². The molecule has 2 aromatic rings. The van der Waals surface area contributed by atoms with Crippen LogP contribution in [0, 0.1) is 0 Å². The summed E-state index contributed by atoms with van der Waals surface area (Å²) in [4.78, 5) is 16.6. The summed E-state index contributed by atoms with van der Waals surface area (Å²) in [5.74, 6) is 1.74. The number of carbonyl (C=O) groups excluding carboxylic acids is 1. The zero-order valence-electron chi connectivity index (χ0n) is 16.2. The molecular weight excluding hydrogens is 356 g/mol. The molecule has 1 unspecified atom stereocenters. The number of carbonyl (C=O) groups is 1. The van der Waals surface area contributed by atoms with E-state index in [1.807, 2.05) is 37.3 Å². The molecule has 0 radical (unpaired) electrons. The van der Waals surface area contributed by atoms with Crippen LogP contribution in [0.15, 0.2) is 52.1 Å². The molecule has 1 amide bonds. The molecule has 0 fully saturated rings. The zero-order chi connectivity index (χ0) is 19.6. The van der Waals surface area contributed by atoms with E-state index in [0.717, 1.165) is 42.5 Å². The molecule has 7 heteroatoms. The Morgan fingerprint density at radius 2 is 2.18 bits per heavy atom. The summed E-state index contributed by atoms with van der Waals surface area (Å²) in [5, 5.41) is 9.50. The molecule has 1 aromatic heterocycles. The van der Waals surface area contributed by atoms with Crippen LogP contribution in [0.25, 0.3) is 0 Å². The molecule has 3 N–H and O–H groups in total. The highest BCUT2D eigenvalue weighted by atomic mass is 16.5. The fourth-order valence-corrected chi connectivity index (χ4v) is 3.16. The number of fused-ring (bicyclic) bond motifs is 1. The molecule has 1 aliphatic rings. The van der Waals surface area contributed by atoms with E-state index in [1.165, 1.54) is 0 Å². The van der Waals surface area contributed by atoms with Crippen molar-refractivity contribution in [3.8, 4) is 0 Å². The number of hydrogen-bond acceptors (Lipinski definition) is 4. The first kappa shape index (κ1) is 19.9. The standard InChI is InChI=1S/C21H28N4O3/c1-2-22-21(23-10-6-11-27-15-17-7-5-12-28-17)24-14-16-13-20(26)25-19-9-4-3-8-18(16)19/h3-5,7-9,12,16H,2,6,10-11,13-15H2,1H3,(H,25,26)(H2,22,23,24). The lowest BCUT2D eigenvalue weighted by Gasteiger charge is -2.24. The van der Waals surface area contributed by atoms with Crippen LogP contribution in [-0.2, 0) is 16.1 Å². The Morgan fingerprint density at radius 3 is 3.00 bits per heavy atom. The fourth-order valence-electron chi connectivity index (χ4n) is 3.16. The highest BCUT2D eigenvalue weighted by Crippen LogP contribution is 2.31. The molecule has 3 rings (SSSR count). The molecule has 0 aliphatic carbocycles. The van der Waals surface area contributed by atoms with Crippen LogP contribution in [0.4, 0.5) is 5.69 Å². The fraction of sp³-hybridized carbons (Fsp3) is 0.429. The maximum atomic E-state index is 12.0. The number of aliphatic imine (C=N–C) groups is 1. The highest BCUT2D eigenvalue weighted by molar-refractivity contribution is 5.94. The summed E-state index contributed by atoms with van der Waals surface area (Å²) in [6, 6.07) is 11.7. The second kappa shape index (κ2) is 10.5. The number of ether oxygens (including phenoxy) is 1. The number of para-hydroxylation sites is 1. The molecule has 0 saturated carbocycles. The molecule has 0 saturated heterocycles. The molecular formula is C21H28N4O3. The highest BCUT2D eigenvalue weighted by Gasteiger charge is 2.24. The number of rotatable bonds is 9. The van der Waals surface area contributed by atoms with Gasteiger partial charge in [0.1, 0.15) is 12.4 Å². The second-order valence-electron chi connectivity index (χ2n) is 6.67. The third-order valence-corrected chi connectivity index (χ3v) is 4.50. The Balaban J connectivity index is 1.45. The summed E-state index contributed by atoms with van der Waals surface area (Å²) in [6.07, 6.45) is 2.97. The largest absolute Gasteiger partial charge is 0.467 e. The van der Waals surface area contributed by atoms with Gasteiger partial charge in [0, 0.05) is 37.7 Å². The molecule has 0 spiro atoms. The van der Waals surface area contributed by atoms with Crippen LogP contribution in [0.1, 0.15) is 37.0 Å². The van der Waals surface area contributed by atoms with Crippen molar-refractivity contribution in [3.63, 3.8) is 0 Å². The lowest BCUT2D eigenvalue weighted by molar-refractivity contribution is -0.116. The maximum Gasteiger partial charge on any atom is 0.225 e. The van der Waals surface area contributed by atoms with Gasteiger partial charge in [0.2, 0.25) is 5.91 Å². The van der Waals surface area contributed by atoms with E-state index < -0.39 is 0 Å². The number of hydrogen-bond donors (Lipinski definition) is 3. The minimum atomic E-state index is 0.0468. The van der Waals surface area contributed by atoms with Crippen molar-refractivity contribution >= 4 is 17.6 Å². The van der Waals surface area contributed by atoms with Crippen LogP contribution >= 0.6 is 0 Å². The first-order valence-corrected chi connectivity index (χ1v) is 9.77. The first-order chi connectivity index (χ1) is 13.8. The van der Waals surface area contributed by atoms with Crippen molar-refractivity contribution in [1.82, 2.24) is 10.6 Å². The summed E-state index contributed by atoms with van der Waals surface area (Å²) in [7, 11) is 0. The van der Waals surface area contributed by atoms with Gasteiger partial charge in [-0.1, -0.05) is 18.2 Å². The predicted octanol–water partition coefficient (Wildman–Crippen LogP) is 2.87. The van der Waals surface area contributed by atoms with Crippen molar-refractivity contribution in [1.29, 1.82) is 0 Å². The maximum absolute atomic E-state index is 12.0. The number of nitrogens with one attached hydrogen (secondary N) is 3. The van der Waals surface area contributed by atoms with E-state index in [0.29, 0.717) is 26.2 Å². The van der Waals surface area contributed by atoms with E-state index in [4.69, 9.17) is 9.15 Å². The van der Waals surface area contributed by atoms with Gasteiger partial charge in [-0.25, -0.2) is 0 Å². The van der Waals surface area contributed by atoms with Crippen LogP contribution in [-0.4, -0.2) is 38.1 Å². The van der Waals surface area contributed by atoms with Crippen molar-refractivity contribution in [2.24, 2.45) is 4.99 Å². The SMILES string of the molecule is CCNC(=NCC1CC(=O)Nc2ccccc21)NCCCOCc1ccco1. The number of furan rings is 1. The second-order valence-corrected chi connectivity index (χ2v) is 6.67. The van der Waals surface area contributed by atoms with Gasteiger partial charge in [0.25, 0.3) is 0 Å². The molecule has 1 aromatic carbocycles. The quantitative estimate of drug-likeness (QED) is 0.352. The average molecular weight is 384 g/mol. The third-order valence-electron chi connectivity index (χ3n) is 4.50. The summed E-state index contributed by atoms with van der Waals surface area (Å²) < 4.78 is 10.8. The van der Waals surface area contributed by atoms with Gasteiger partial charge in [0.05, 0.1) is 12.8 Å². The van der Waals surface area contributed by atoms with E-state index in [2.05, 4.69) is 27.0 Å². The average Bonchev–Trinajstić information content (AvgIpc) is 3.21. The Hall–Kier alpha value is -2.80. The summed E-state index contributed by atoms with van der Waals surface area (Å²) >= 11 is 0. The normalized spacial score (nSPS) is 16.4. The number of amides is 1. The van der Waals surface area contributed by atoms with Crippen LogP contribution in [0.5, 0.6) is 0 Å². The number of guanidine groups is 1. The molecule has 150 valence electrons. The van der Waals surface area contributed by atoms with E-state index in [-0.39, 0.29) is 11.8 Å². The molecule has 1 atom stereocenters. The van der Waals surface area contributed by atoms with Crippen molar-refractivity contribution in [3.05, 3.63) is 54.0 Å². The zero-order valence-corrected chi connectivity index (χ0v) is 16.2. The summed E-state index contributed by atoms with van der Waals surface area (Å²) in [6.45, 7) is 5.27. The number of anilines is 1. The minimum absolute atomic E-state index is 0.0468. The molecule has 0 bridgehead atoms. The van der Waals surface area contributed by atoms with Gasteiger partial charge < -0.3 is 25.1 Å². The molecule has 7 nitrogen and oxygen atoms in total. The van der Waals surface area contributed by atoms with Crippen molar-refractivity contribution in [2.75, 3.05) is 31.6 Å². The van der Waals surface area contributed by atoms with Gasteiger partial charge in [0.15, 0.2) is 5.96 Å². The van der Waals surface area contributed by atoms with Crippen LogP contribution in [0.2, 0.25) is 0 Å². The van der Waals surface area contributed by atoms with Crippen molar-refractivity contribution in [2.45, 2.75) is 32.3 Å². The summed E-state index contributed by atoms with van der Waals surface area (Å²) in [5.41, 5.74) is 2.04. The Bertz CT molecular complexity index is 774. The van der Waals surface area contributed by atoms with Gasteiger partial charge >= 0.3 is 0 Å². The topological polar surface area (TPSA) is 87.9 Å². The van der Waals surface area contributed by atoms with Crippen LogP contribution < -0.4 is 16.0 Å². The molecule has 2 heterocycles. The first-order valence-electron chi connectivity index (χ1n) is 9.77. The molecule has 28 heavy (non-hydrogen) atoms. The number of nitrogens with zero attached hydrogens (tertiary/aromatic N) is 1. The van der Waals surface area contributed by atoms with E-state index in [1.54, 1.807) is 6.26 Å². The monoisotopic (exact) mass is 384 g/mol. The number of benzene rings is 1. The Kier molecular flexibility index (Phi) is 7.49. The van der Waals surface area contributed by atoms with Gasteiger partial charge in [-0.05, 0) is 37.1 Å². The van der Waals surface area contributed by atoms with E-state index in [9.17, 15) is 4.79 Å². The Morgan fingerprint density at radius 1 is 1.29 bits per heavy atom. The van der Waals surface area contributed by atoms with Gasteiger partial charge in [-0.3, -0.25) is 9.79 Å². The molecule has 1 aliphatic heterocycles. The lowest BCUT2D eigenvalue weighted by atomic mass is 9.91. The third kappa shape index (κ3) is 5.85.